The zero-order valence-corrected chi connectivity index (χ0v) is 7.10. The van der Waals surface area contributed by atoms with Crippen LogP contribution in [0.3, 0.4) is 0 Å². The molecule has 0 aromatic heterocycles. The van der Waals surface area contributed by atoms with E-state index in [1.54, 1.807) is 0 Å². The summed E-state index contributed by atoms with van der Waals surface area (Å²) in [6.45, 7) is 0. The normalized spacial score (nSPS) is 20.0. The molecule has 0 saturated carbocycles. The van der Waals surface area contributed by atoms with E-state index in [2.05, 4.69) is 4.79 Å². The van der Waals surface area contributed by atoms with E-state index in [-0.39, 0.29) is 0 Å². The molecule has 1 atom stereocenters. The van der Waals surface area contributed by atoms with Crippen molar-refractivity contribution in [1.29, 1.82) is 0 Å². The van der Waals surface area contributed by atoms with Crippen molar-refractivity contribution in [3.05, 3.63) is 49.4 Å². The predicted molar refractivity (Wildman–Crippen MR) is 45.2 cm³/mol. The van der Waals surface area contributed by atoms with Gasteiger partial charge in [0.2, 0.25) is 5.76 Å². The van der Waals surface area contributed by atoms with Gasteiger partial charge >= 0.3 is 17.5 Å². The summed E-state index contributed by atoms with van der Waals surface area (Å²) in [6, 6.07) is -1.63. The summed E-state index contributed by atoms with van der Waals surface area (Å²) < 4.78 is 0. The molecule has 0 amide bonds. The van der Waals surface area contributed by atoms with Crippen molar-refractivity contribution < 1.29 is 19.7 Å². The summed E-state index contributed by atoms with van der Waals surface area (Å²) in [5.41, 5.74) is 6.68. The van der Waals surface area contributed by atoms with Crippen molar-refractivity contribution in [1.82, 2.24) is 0 Å². The molecule has 15 heavy (non-hydrogen) atoms. The van der Waals surface area contributed by atoms with E-state index in [4.69, 9.17) is 10.6 Å². The first-order valence-electron chi connectivity index (χ1n) is 3.60. The zero-order chi connectivity index (χ0) is 11.6. The molecule has 0 fully saturated rings. The molecule has 9 nitrogen and oxygen atoms in total. The average molecular weight is 212 g/mol. The Morgan fingerprint density at radius 2 is 2.07 bits per heavy atom. The molecule has 78 valence electrons. The van der Waals surface area contributed by atoms with Crippen molar-refractivity contribution in [3.63, 3.8) is 0 Å². The molecule has 0 aliphatic heterocycles. The maximum absolute atomic E-state index is 10.4. The topological polar surface area (TPSA) is 143 Å². The number of hydrogen-bond donors (Lipinski definition) is 1. The van der Waals surface area contributed by atoms with Crippen LogP contribution in [0.15, 0.2) is 23.6 Å². The fourth-order valence-corrected chi connectivity index (χ4v) is 1.09. The monoisotopic (exact) mass is 212 g/mol. The third-order valence-corrected chi connectivity index (χ3v) is 1.72. The first-order valence-corrected chi connectivity index (χ1v) is 3.60. The SMILES string of the molecule is [N-]=[N+]=C1C([N+](=O)[O-])=C(O)C=CC1[N+](=O)[O-]. The highest BCUT2D eigenvalue weighted by molar-refractivity contribution is 6.00. The average Bonchev–Trinajstić information content (AvgIpc) is 2.15. The standard InChI is InChI=1S/C6H4N4O5/c7-8-5-3(9(12)13)1-2-4(11)6(5)10(14)15/h1-3,11H. The Hall–Kier alpha value is -2.54. The van der Waals surface area contributed by atoms with E-state index < -0.39 is 33.1 Å². The number of aliphatic hydroxyl groups excluding tert-OH is 1. The molecule has 1 N–H and O–H groups in total. The number of hydrogen-bond acceptors (Lipinski definition) is 5. The van der Waals surface area contributed by atoms with Crippen LogP contribution < -0.4 is 0 Å². The van der Waals surface area contributed by atoms with Gasteiger partial charge in [-0.3, -0.25) is 20.2 Å². The minimum Gasteiger partial charge on any atom is -0.502 e. The Balaban J connectivity index is 3.35. The van der Waals surface area contributed by atoms with Gasteiger partial charge in [-0.1, -0.05) is 0 Å². The molecule has 0 saturated heterocycles. The molecule has 0 aromatic carbocycles. The second kappa shape index (κ2) is 3.68. The van der Waals surface area contributed by atoms with Crippen molar-refractivity contribution >= 4 is 5.71 Å². The van der Waals surface area contributed by atoms with Crippen LogP contribution in [0.25, 0.3) is 5.53 Å². The fourth-order valence-electron chi connectivity index (χ4n) is 1.09. The highest BCUT2D eigenvalue weighted by atomic mass is 16.6. The fraction of sp³-hybridized carbons (Fsp3) is 0.167. The van der Waals surface area contributed by atoms with Gasteiger partial charge in [-0.05, 0) is 6.08 Å². The van der Waals surface area contributed by atoms with Crippen LogP contribution in [0.2, 0.25) is 0 Å². The van der Waals surface area contributed by atoms with Gasteiger partial charge in [0.05, 0.1) is 4.92 Å². The van der Waals surface area contributed by atoms with Crippen LogP contribution >= 0.6 is 0 Å². The molecule has 0 bridgehead atoms. The van der Waals surface area contributed by atoms with Gasteiger partial charge < -0.3 is 10.6 Å². The summed E-state index contributed by atoms with van der Waals surface area (Å²) in [5.74, 6) is -0.786. The molecule has 0 spiro atoms. The van der Waals surface area contributed by atoms with Gasteiger partial charge in [-0.25, -0.2) is 0 Å². The second-order valence-corrected chi connectivity index (χ2v) is 2.57. The lowest BCUT2D eigenvalue weighted by Crippen LogP contribution is -2.35. The van der Waals surface area contributed by atoms with E-state index >= 15 is 0 Å². The lowest BCUT2D eigenvalue weighted by Gasteiger charge is -2.03. The van der Waals surface area contributed by atoms with Gasteiger partial charge in [0.15, 0.2) is 0 Å². The molecule has 1 aliphatic carbocycles. The summed E-state index contributed by atoms with van der Waals surface area (Å²) in [5, 5.41) is 30.0. The summed E-state index contributed by atoms with van der Waals surface area (Å²) in [6.07, 6.45) is 1.71. The number of allylic oxidation sites excluding steroid dienone is 1. The second-order valence-electron chi connectivity index (χ2n) is 2.57. The Morgan fingerprint density at radius 3 is 2.47 bits per heavy atom. The summed E-state index contributed by atoms with van der Waals surface area (Å²) in [4.78, 5) is 21.4. The maximum atomic E-state index is 10.4. The van der Waals surface area contributed by atoms with Gasteiger partial charge in [-0.15, -0.1) is 0 Å². The van der Waals surface area contributed by atoms with Crippen LogP contribution in [-0.2, 0) is 0 Å². The Bertz CT molecular complexity index is 444. The van der Waals surface area contributed by atoms with Crippen LogP contribution in [0.5, 0.6) is 0 Å². The molecule has 0 radical (unpaired) electrons. The highest BCUT2D eigenvalue weighted by Gasteiger charge is 2.47. The predicted octanol–water partition coefficient (Wildman–Crippen LogP) is -0.0814. The van der Waals surface area contributed by atoms with Gasteiger partial charge in [-0.2, -0.15) is 4.79 Å². The smallest absolute Gasteiger partial charge is 0.449 e. The van der Waals surface area contributed by atoms with E-state index in [0.29, 0.717) is 0 Å². The Labute approximate surface area is 81.9 Å². The van der Waals surface area contributed by atoms with E-state index in [0.717, 1.165) is 12.2 Å². The summed E-state index contributed by atoms with van der Waals surface area (Å²) in [7, 11) is 0. The molecule has 0 aromatic rings. The largest absolute Gasteiger partial charge is 0.502 e. The van der Waals surface area contributed by atoms with Crippen molar-refractivity contribution in [2.24, 2.45) is 0 Å². The molecule has 0 heterocycles. The van der Waals surface area contributed by atoms with Crippen molar-refractivity contribution in [2.75, 3.05) is 0 Å². The third-order valence-electron chi connectivity index (χ3n) is 1.72. The quantitative estimate of drug-likeness (QED) is 0.294. The number of aliphatic hydroxyl groups is 1. The van der Waals surface area contributed by atoms with Crippen LogP contribution in [0, 0.1) is 20.2 Å². The molecular formula is C6H4N4O5. The van der Waals surface area contributed by atoms with Crippen LogP contribution in [0.4, 0.5) is 0 Å². The third kappa shape index (κ3) is 1.71. The Kier molecular flexibility index (Phi) is 2.59. The summed E-state index contributed by atoms with van der Waals surface area (Å²) >= 11 is 0. The molecular weight excluding hydrogens is 208 g/mol. The zero-order valence-electron chi connectivity index (χ0n) is 7.10. The molecule has 1 aliphatic rings. The van der Waals surface area contributed by atoms with Gasteiger partial charge in [0.25, 0.3) is 0 Å². The van der Waals surface area contributed by atoms with Crippen LogP contribution in [-0.4, -0.2) is 31.5 Å². The first-order chi connectivity index (χ1) is 6.99. The van der Waals surface area contributed by atoms with Gasteiger partial charge in [0.1, 0.15) is 0 Å². The lowest BCUT2D eigenvalue weighted by atomic mass is 10.0. The number of nitro groups is 2. The first kappa shape index (κ1) is 10.5. The minimum absolute atomic E-state index is 0.786. The number of nitrogens with zero attached hydrogens (tertiary/aromatic N) is 4. The lowest BCUT2D eigenvalue weighted by molar-refractivity contribution is -0.497. The number of rotatable bonds is 2. The molecule has 1 rings (SSSR count). The molecule has 9 heteroatoms. The maximum Gasteiger partial charge on any atom is 0.449 e. The van der Waals surface area contributed by atoms with Gasteiger partial charge in [0, 0.05) is 11.0 Å². The highest BCUT2D eigenvalue weighted by Crippen LogP contribution is 2.16. The van der Waals surface area contributed by atoms with Crippen LogP contribution in [0.1, 0.15) is 0 Å². The minimum atomic E-state index is -1.63. The van der Waals surface area contributed by atoms with Crippen molar-refractivity contribution in [2.45, 2.75) is 6.04 Å². The van der Waals surface area contributed by atoms with E-state index in [1.165, 1.54) is 0 Å². The molecule has 1 unspecified atom stereocenters. The van der Waals surface area contributed by atoms with E-state index in [9.17, 15) is 20.2 Å². The Morgan fingerprint density at radius 1 is 1.47 bits per heavy atom. The van der Waals surface area contributed by atoms with E-state index in [1.807, 2.05) is 0 Å². The van der Waals surface area contributed by atoms with Crippen molar-refractivity contribution in [3.8, 4) is 0 Å².